The summed E-state index contributed by atoms with van der Waals surface area (Å²) in [5.74, 6) is 1.58. The van der Waals surface area contributed by atoms with Gasteiger partial charge in [0.15, 0.2) is 15.7 Å². The van der Waals surface area contributed by atoms with E-state index in [1.165, 1.54) is 11.1 Å². The van der Waals surface area contributed by atoms with Crippen LogP contribution in [0.15, 0.2) is 28.8 Å². The van der Waals surface area contributed by atoms with E-state index in [9.17, 15) is 8.42 Å². The molecule has 5 nitrogen and oxygen atoms in total. The average Bonchev–Trinajstić information content (AvgIpc) is 3.13. The molecule has 0 spiro atoms. The first-order chi connectivity index (χ1) is 10.6. The summed E-state index contributed by atoms with van der Waals surface area (Å²) >= 11 is 0. The van der Waals surface area contributed by atoms with E-state index in [1.54, 1.807) is 0 Å². The molecule has 1 saturated heterocycles. The molecule has 0 amide bonds. The van der Waals surface area contributed by atoms with Gasteiger partial charge in [-0.2, -0.15) is 4.98 Å². The second kappa shape index (κ2) is 5.19. The molecule has 1 aliphatic carbocycles. The number of hydrogen-bond acceptors (Lipinski definition) is 5. The van der Waals surface area contributed by atoms with Gasteiger partial charge in [0.25, 0.3) is 0 Å². The van der Waals surface area contributed by atoms with Gasteiger partial charge in [-0.1, -0.05) is 29.4 Å². The Morgan fingerprint density at radius 3 is 2.86 bits per heavy atom. The second-order valence-corrected chi connectivity index (χ2v) is 8.46. The van der Waals surface area contributed by atoms with Gasteiger partial charge in [0.2, 0.25) is 5.89 Å². The zero-order valence-corrected chi connectivity index (χ0v) is 13.1. The molecular weight excluding hydrogens is 300 g/mol. The van der Waals surface area contributed by atoms with Crippen LogP contribution in [-0.4, -0.2) is 30.1 Å². The summed E-state index contributed by atoms with van der Waals surface area (Å²) in [5, 5.41) is 4.15. The van der Waals surface area contributed by atoms with Crippen LogP contribution in [0, 0.1) is 0 Å². The van der Waals surface area contributed by atoms with Crippen LogP contribution in [0.4, 0.5) is 0 Å². The summed E-state index contributed by atoms with van der Waals surface area (Å²) in [5.41, 5.74) is 2.63. The van der Waals surface area contributed by atoms with Gasteiger partial charge in [-0.3, -0.25) is 0 Å². The molecule has 1 aromatic carbocycles. The smallest absolute Gasteiger partial charge is 0.230 e. The quantitative estimate of drug-likeness (QED) is 0.850. The third-order valence-electron chi connectivity index (χ3n) is 4.72. The van der Waals surface area contributed by atoms with Crippen LogP contribution in [0.1, 0.15) is 53.9 Å². The molecule has 0 unspecified atom stereocenters. The Bertz CT molecular complexity index is 797. The number of aromatic nitrogens is 2. The van der Waals surface area contributed by atoms with Crippen LogP contribution < -0.4 is 0 Å². The van der Waals surface area contributed by atoms with Crippen LogP contribution >= 0.6 is 0 Å². The summed E-state index contributed by atoms with van der Waals surface area (Å²) in [7, 11) is -2.94. The van der Waals surface area contributed by atoms with Gasteiger partial charge in [-0.05, 0) is 36.8 Å². The lowest BCUT2D eigenvalue weighted by Gasteiger charge is -2.22. The molecule has 2 aliphatic rings. The van der Waals surface area contributed by atoms with E-state index in [2.05, 4.69) is 28.3 Å². The number of rotatable bonds is 2. The highest BCUT2D eigenvalue weighted by molar-refractivity contribution is 7.91. The van der Waals surface area contributed by atoms with Crippen LogP contribution in [0.25, 0.3) is 0 Å². The van der Waals surface area contributed by atoms with Crippen LogP contribution in [0.3, 0.4) is 0 Å². The lowest BCUT2D eigenvalue weighted by molar-refractivity contribution is 0.353. The lowest BCUT2D eigenvalue weighted by atomic mass is 9.82. The van der Waals surface area contributed by atoms with Crippen LogP contribution in [-0.2, 0) is 16.3 Å². The highest BCUT2D eigenvalue weighted by atomic mass is 32.2. The molecule has 1 aromatic heterocycles. The Morgan fingerprint density at radius 1 is 1.18 bits per heavy atom. The van der Waals surface area contributed by atoms with Crippen molar-refractivity contribution in [3.63, 3.8) is 0 Å². The van der Waals surface area contributed by atoms with Gasteiger partial charge in [0, 0.05) is 5.92 Å². The van der Waals surface area contributed by atoms with Crippen molar-refractivity contribution in [1.82, 2.24) is 10.1 Å². The number of aryl methyl sites for hydroxylation is 1. The first kappa shape index (κ1) is 13.9. The number of sulfone groups is 1. The van der Waals surface area contributed by atoms with Crippen molar-refractivity contribution in [3.8, 4) is 0 Å². The lowest BCUT2D eigenvalue weighted by Crippen LogP contribution is -2.12. The minimum atomic E-state index is -2.94. The maximum atomic E-state index is 11.6. The molecule has 1 aliphatic heterocycles. The minimum Gasteiger partial charge on any atom is -0.339 e. The highest BCUT2D eigenvalue weighted by Crippen LogP contribution is 2.36. The third kappa shape index (κ3) is 2.45. The third-order valence-corrected chi connectivity index (χ3v) is 6.49. The summed E-state index contributed by atoms with van der Waals surface area (Å²) < 4.78 is 28.6. The van der Waals surface area contributed by atoms with E-state index in [1.807, 2.05) is 6.07 Å². The Morgan fingerprint density at radius 2 is 2.05 bits per heavy atom. The Labute approximate surface area is 129 Å². The molecule has 6 heteroatoms. The number of nitrogens with zero attached hydrogens (tertiary/aromatic N) is 2. The number of benzene rings is 1. The Kier molecular flexibility index (Phi) is 3.29. The van der Waals surface area contributed by atoms with Gasteiger partial charge in [-0.15, -0.1) is 0 Å². The van der Waals surface area contributed by atoms with E-state index < -0.39 is 9.84 Å². The zero-order chi connectivity index (χ0) is 15.2. The number of fused-ring (bicyclic) bond motifs is 1. The van der Waals surface area contributed by atoms with Gasteiger partial charge in [-0.25, -0.2) is 8.42 Å². The minimum absolute atomic E-state index is 0.134. The van der Waals surface area contributed by atoms with Crippen LogP contribution in [0.5, 0.6) is 0 Å². The van der Waals surface area contributed by atoms with E-state index in [0.29, 0.717) is 18.1 Å². The van der Waals surface area contributed by atoms with Gasteiger partial charge in [0.05, 0.1) is 17.4 Å². The SMILES string of the molecule is O=S1(=O)CC[C@H](c2nc([C@@H]3CCCc4ccccc43)no2)C1. The molecule has 2 heterocycles. The average molecular weight is 318 g/mol. The standard InChI is InChI=1S/C16H18N2O3S/c19-22(20)9-8-12(10-22)16-17-15(18-21-16)14-7-3-5-11-4-1-2-6-13(11)14/h1-2,4,6,12,14H,3,5,7-10H2/t12-,14+/m0/s1. The van der Waals surface area contributed by atoms with Gasteiger partial charge in [0.1, 0.15) is 0 Å². The summed E-state index contributed by atoms with van der Waals surface area (Å²) in [6.45, 7) is 0. The fourth-order valence-electron chi connectivity index (χ4n) is 3.57. The highest BCUT2D eigenvalue weighted by Gasteiger charge is 2.34. The van der Waals surface area contributed by atoms with Crippen molar-refractivity contribution in [2.24, 2.45) is 0 Å². The summed E-state index contributed by atoms with van der Waals surface area (Å²) in [6.07, 6.45) is 3.81. The van der Waals surface area contributed by atoms with Gasteiger partial charge < -0.3 is 4.52 Å². The van der Waals surface area contributed by atoms with Crippen molar-refractivity contribution < 1.29 is 12.9 Å². The van der Waals surface area contributed by atoms with Gasteiger partial charge >= 0.3 is 0 Å². The zero-order valence-electron chi connectivity index (χ0n) is 12.2. The maximum absolute atomic E-state index is 11.6. The van der Waals surface area contributed by atoms with Crippen LogP contribution in [0.2, 0.25) is 0 Å². The molecule has 2 atom stereocenters. The fraction of sp³-hybridized carbons (Fsp3) is 0.500. The summed E-state index contributed by atoms with van der Waals surface area (Å²) in [6, 6.07) is 8.40. The molecule has 22 heavy (non-hydrogen) atoms. The number of hydrogen-bond donors (Lipinski definition) is 0. The molecule has 0 N–H and O–H groups in total. The first-order valence-corrected chi connectivity index (χ1v) is 9.56. The fourth-order valence-corrected chi connectivity index (χ4v) is 5.30. The molecule has 0 bridgehead atoms. The van der Waals surface area contributed by atoms with Crippen molar-refractivity contribution in [3.05, 3.63) is 47.1 Å². The van der Waals surface area contributed by atoms with Crippen molar-refractivity contribution in [2.75, 3.05) is 11.5 Å². The maximum Gasteiger partial charge on any atom is 0.230 e. The first-order valence-electron chi connectivity index (χ1n) is 7.74. The summed E-state index contributed by atoms with van der Waals surface area (Å²) in [4.78, 5) is 4.54. The normalized spacial score (nSPS) is 26.7. The Hall–Kier alpha value is -1.69. The molecule has 116 valence electrons. The van der Waals surface area contributed by atoms with Crippen molar-refractivity contribution in [2.45, 2.75) is 37.5 Å². The van der Waals surface area contributed by atoms with Crippen molar-refractivity contribution in [1.29, 1.82) is 0 Å². The molecule has 0 radical (unpaired) electrons. The Balaban J connectivity index is 1.63. The molecule has 1 fully saturated rings. The van der Waals surface area contributed by atoms with E-state index >= 15 is 0 Å². The van der Waals surface area contributed by atoms with E-state index in [4.69, 9.17) is 4.52 Å². The van der Waals surface area contributed by atoms with E-state index in [-0.39, 0.29) is 23.3 Å². The predicted molar refractivity (Wildman–Crippen MR) is 81.5 cm³/mol. The largest absolute Gasteiger partial charge is 0.339 e. The van der Waals surface area contributed by atoms with Crippen molar-refractivity contribution >= 4 is 9.84 Å². The molecule has 4 rings (SSSR count). The predicted octanol–water partition coefficient (Wildman–Crippen LogP) is 2.44. The molecule has 2 aromatic rings. The second-order valence-electron chi connectivity index (χ2n) is 6.23. The molecule has 0 saturated carbocycles. The topological polar surface area (TPSA) is 73.1 Å². The van der Waals surface area contributed by atoms with E-state index in [0.717, 1.165) is 19.3 Å². The monoisotopic (exact) mass is 318 g/mol. The molecular formula is C16H18N2O3S.